The number of rotatable bonds is 2. The number of alkyl halides is 1. The molecule has 1 aromatic carbocycles. The van der Waals surface area contributed by atoms with Crippen LogP contribution >= 0.6 is 0 Å². The van der Waals surface area contributed by atoms with E-state index in [1.165, 1.54) is 5.56 Å². The highest BCUT2D eigenvalue weighted by Crippen LogP contribution is 2.20. The van der Waals surface area contributed by atoms with Crippen molar-refractivity contribution >= 4 is 0 Å². The Hall–Kier alpha value is -0.890. The number of hydrogen-bond donors (Lipinski definition) is 1. The molecular formula is C12H16FN. The average molecular weight is 193 g/mol. The molecule has 14 heavy (non-hydrogen) atoms. The largest absolute Gasteiger partial charge is 0.314 e. The maximum absolute atomic E-state index is 13.5. The van der Waals surface area contributed by atoms with Gasteiger partial charge >= 0.3 is 0 Å². The van der Waals surface area contributed by atoms with Gasteiger partial charge in [0, 0.05) is 6.54 Å². The van der Waals surface area contributed by atoms with E-state index in [0.717, 1.165) is 19.4 Å². The summed E-state index contributed by atoms with van der Waals surface area (Å²) in [6.07, 6.45) is 1.16. The first-order valence-corrected chi connectivity index (χ1v) is 5.25. The lowest BCUT2D eigenvalue weighted by molar-refractivity contribution is 0.179. The summed E-state index contributed by atoms with van der Waals surface area (Å²) in [7, 11) is 0. The van der Waals surface area contributed by atoms with Crippen molar-refractivity contribution in [3.05, 3.63) is 35.9 Å². The molecule has 0 saturated carbocycles. The van der Waals surface area contributed by atoms with Crippen molar-refractivity contribution in [2.24, 2.45) is 5.92 Å². The third-order valence-electron chi connectivity index (χ3n) is 2.88. The van der Waals surface area contributed by atoms with Crippen LogP contribution in [0, 0.1) is 5.92 Å². The van der Waals surface area contributed by atoms with Crippen molar-refractivity contribution in [3.63, 3.8) is 0 Å². The molecular weight excluding hydrogens is 177 g/mol. The molecule has 0 radical (unpaired) electrons. The summed E-state index contributed by atoms with van der Waals surface area (Å²) in [5, 5.41) is 3.08. The fourth-order valence-corrected chi connectivity index (χ4v) is 2.02. The molecule has 1 heterocycles. The lowest BCUT2D eigenvalue weighted by Gasteiger charge is -2.26. The van der Waals surface area contributed by atoms with E-state index in [-0.39, 0.29) is 5.92 Å². The van der Waals surface area contributed by atoms with Crippen LogP contribution in [-0.2, 0) is 6.42 Å². The molecule has 2 rings (SSSR count). The molecule has 0 aromatic heterocycles. The van der Waals surface area contributed by atoms with Gasteiger partial charge in [0.1, 0.15) is 6.17 Å². The third-order valence-corrected chi connectivity index (χ3v) is 2.88. The minimum Gasteiger partial charge on any atom is -0.314 e. The monoisotopic (exact) mass is 193 g/mol. The minimum absolute atomic E-state index is 0.207. The smallest absolute Gasteiger partial charge is 0.116 e. The van der Waals surface area contributed by atoms with Crippen molar-refractivity contribution < 1.29 is 4.39 Å². The predicted molar refractivity (Wildman–Crippen MR) is 56.0 cm³/mol. The van der Waals surface area contributed by atoms with Crippen LogP contribution in [0.1, 0.15) is 12.0 Å². The molecule has 1 aromatic rings. The summed E-state index contributed by atoms with van der Waals surface area (Å²) in [6.45, 7) is 1.48. The van der Waals surface area contributed by atoms with Crippen LogP contribution in [0.5, 0.6) is 0 Å². The van der Waals surface area contributed by atoms with Gasteiger partial charge in [0.25, 0.3) is 0 Å². The number of hydrogen-bond acceptors (Lipinski definition) is 1. The highest BCUT2D eigenvalue weighted by Gasteiger charge is 2.24. The van der Waals surface area contributed by atoms with Crippen molar-refractivity contribution in [1.82, 2.24) is 5.32 Å². The zero-order valence-corrected chi connectivity index (χ0v) is 8.25. The van der Waals surface area contributed by atoms with Crippen molar-refractivity contribution in [2.75, 3.05) is 13.1 Å². The molecule has 0 amide bonds. The molecule has 1 aliphatic heterocycles. The van der Waals surface area contributed by atoms with E-state index in [1.807, 2.05) is 18.2 Å². The van der Waals surface area contributed by atoms with Crippen molar-refractivity contribution in [2.45, 2.75) is 19.0 Å². The summed E-state index contributed by atoms with van der Waals surface area (Å²) < 4.78 is 13.5. The van der Waals surface area contributed by atoms with Crippen LogP contribution in [0.15, 0.2) is 30.3 Å². The van der Waals surface area contributed by atoms with E-state index < -0.39 is 6.17 Å². The summed E-state index contributed by atoms with van der Waals surface area (Å²) >= 11 is 0. The van der Waals surface area contributed by atoms with Crippen LogP contribution in [0.3, 0.4) is 0 Å². The van der Waals surface area contributed by atoms with Gasteiger partial charge in [-0.25, -0.2) is 4.39 Å². The Morgan fingerprint density at radius 2 is 2.07 bits per heavy atom. The topological polar surface area (TPSA) is 12.0 Å². The summed E-state index contributed by atoms with van der Waals surface area (Å²) in [6, 6.07) is 10.2. The van der Waals surface area contributed by atoms with Gasteiger partial charge in [0.05, 0.1) is 0 Å². The van der Waals surface area contributed by atoms with Gasteiger partial charge in [-0.2, -0.15) is 0 Å². The number of benzene rings is 1. The zero-order chi connectivity index (χ0) is 9.80. The van der Waals surface area contributed by atoms with Crippen LogP contribution in [0.25, 0.3) is 0 Å². The van der Waals surface area contributed by atoms with Crippen molar-refractivity contribution in [3.8, 4) is 0 Å². The van der Waals surface area contributed by atoms with E-state index in [1.54, 1.807) is 0 Å². The van der Waals surface area contributed by atoms with Gasteiger partial charge in [0.2, 0.25) is 0 Å². The Labute approximate surface area is 84.3 Å². The molecule has 1 nitrogen and oxygen atoms in total. The molecule has 2 atom stereocenters. The average Bonchev–Trinajstić information content (AvgIpc) is 2.23. The van der Waals surface area contributed by atoms with Gasteiger partial charge in [-0.05, 0) is 30.9 Å². The second-order valence-corrected chi connectivity index (χ2v) is 3.96. The molecule has 76 valence electrons. The van der Waals surface area contributed by atoms with Crippen LogP contribution in [0.2, 0.25) is 0 Å². The lowest BCUT2D eigenvalue weighted by Crippen LogP contribution is -2.38. The van der Waals surface area contributed by atoms with Gasteiger partial charge < -0.3 is 5.32 Å². The molecule has 1 aliphatic rings. The third kappa shape index (κ3) is 2.32. The van der Waals surface area contributed by atoms with Gasteiger partial charge in [-0.1, -0.05) is 30.3 Å². The second kappa shape index (κ2) is 4.56. The Morgan fingerprint density at radius 3 is 2.79 bits per heavy atom. The molecule has 1 fully saturated rings. The number of nitrogens with one attached hydrogen (secondary N) is 1. The SMILES string of the molecule is F[C@@H]1CNCC[C@H]1Cc1ccccc1. The fourth-order valence-electron chi connectivity index (χ4n) is 2.02. The van der Waals surface area contributed by atoms with Crippen LogP contribution in [0.4, 0.5) is 4.39 Å². The normalized spacial score (nSPS) is 27.5. The van der Waals surface area contributed by atoms with E-state index in [4.69, 9.17) is 0 Å². The molecule has 2 heteroatoms. The highest BCUT2D eigenvalue weighted by molar-refractivity contribution is 5.15. The Morgan fingerprint density at radius 1 is 1.29 bits per heavy atom. The first kappa shape index (κ1) is 9.66. The molecule has 0 unspecified atom stereocenters. The van der Waals surface area contributed by atoms with Crippen LogP contribution in [-0.4, -0.2) is 19.3 Å². The highest BCUT2D eigenvalue weighted by atomic mass is 19.1. The summed E-state index contributed by atoms with van der Waals surface area (Å²) in [5.74, 6) is 0.207. The number of piperidine rings is 1. The molecule has 0 spiro atoms. The standard InChI is InChI=1S/C12H16FN/c13-12-9-14-7-6-11(12)8-10-4-2-1-3-5-10/h1-5,11-12,14H,6-9H2/t11-,12+/m0/s1. The van der Waals surface area contributed by atoms with Gasteiger partial charge in [-0.3, -0.25) is 0 Å². The van der Waals surface area contributed by atoms with Gasteiger partial charge in [0.15, 0.2) is 0 Å². The van der Waals surface area contributed by atoms with Gasteiger partial charge in [-0.15, -0.1) is 0 Å². The van der Waals surface area contributed by atoms with E-state index in [9.17, 15) is 4.39 Å². The maximum Gasteiger partial charge on any atom is 0.116 e. The molecule has 0 bridgehead atoms. The molecule has 1 N–H and O–H groups in total. The number of halogens is 1. The quantitative estimate of drug-likeness (QED) is 0.759. The van der Waals surface area contributed by atoms with E-state index in [2.05, 4.69) is 17.4 Å². The second-order valence-electron chi connectivity index (χ2n) is 3.96. The Bertz CT molecular complexity index is 273. The first-order chi connectivity index (χ1) is 6.86. The van der Waals surface area contributed by atoms with Crippen molar-refractivity contribution in [1.29, 1.82) is 0 Å². The van der Waals surface area contributed by atoms with Crippen LogP contribution < -0.4 is 5.32 Å². The molecule has 1 saturated heterocycles. The first-order valence-electron chi connectivity index (χ1n) is 5.25. The lowest BCUT2D eigenvalue weighted by atomic mass is 9.89. The maximum atomic E-state index is 13.5. The Kier molecular flexibility index (Phi) is 3.14. The fraction of sp³-hybridized carbons (Fsp3) is 0.500. The molecule has 0 aliphatic carbocycles. The zero-order valence-electron chi connectivity index (χ0n) is 8.25. The Balaban J connectivity index is 1.96. The van der Waals surface area contributed by atoms with E-state index >= 15 is 0 Å². The van der Waals surface area contributed by atoms with E-state index in [0.29, 0.717) is 6.54 Å². The minimum atomic E-state index is -0.677. The summed E-state index contributed by atoms with van der Waals surface area (Å²) in [5.41, 5.74) is 1.25. The summed E-state index contributed by atoms with van der Waals surface area (Å²) in [4.78, 5) is 0. The predicted octanol–water partition coefficient (Wildman–Crippen LogP) is 2.18.